The van der Waals surface area contributed by atoms with E-state index in [0.717, 1.165) is 23.8 Å². The molecule has 0 radical (unpaired) electrons. The van der Waals surface area contributed by atoms with Crippen molar-refractivity contribution in [3.05, 3.63) is 59.3 Å². The van der Waals surface area contributed by atoms with Crippen LogP contribution in [0.5, 0.6) is 0 Å². The molecule has 0 saturated heterocycles. The molecular formula is C18H17ClN2O4. The van der Waals surface area contributed by atoms with Crippen LogP contribution in [0.3, 0.4) is 0 Å². The molecule has 1 aliphatic heterocycles. The molecule has 0 spiro atoms. The Hall–Kier alpha value is -2.86. The Morgan fingerprint density at radius 1 is 1.12 bits per heavy atom. The normalized spacial score (nSPS) is 12.8. The van der Waals surface area contributed by atoms with E-state index in [-0.39, 0.29) is 0 Å². The number of aromatic nitrogens is 1. The van der Waals surface area contributed by atoms with E-state index in [1.54, 1.807) is 0 Å². The Labute approximate surface area is 149 Å². The van der Waals surface area contributed by atoms with Crippen LogP contribution in [-0.4, -0.2) is 39.0 Å². The fourth-order valence-corrected chi connectivity index (χ4v) is 2.66. The quantitative estimate of drug-likeness (QED) is 0.821. The van der Waals surface area contributed by atoms with E-state index in [9.17, 15) is 9.59 Å². The van der Waals surface area contributed by atoms with Gasteiger partial charge in [-0.1, -0.05) is 23.7 Å². The summed E-state index contributed by atoms with van der Waals surface area (Å²) >= 11 is 6.04. The van der Waals surface area contributed by atoms with E-state index in [4.69, 9.17) is 21.8 Å². The van der Waals surface area contributed by atoms with Crippen LogP contribution in [0.1, 0.15) is 12.6 Å². The van der Waals surface area contributed by atoms with Crippen LogP contribution in [0.15, 0.2) is 53.5 Å². The molecule has 2 aromatic rings. The van der Waals surface area contributed by atoms with Crippen molar-refractivity contribution in [2.75, 3.05) is 6.54 Å². The zero-order valence-electron chi connectivity index (χ0n) is 13.5. The second-order valence-electron chi connectivity index (χ2n) is 5.24. The van der Waals surface area contributed by atoms with Crippen molar-refractivity contribution < 1.29 is 19.8 Å². The molecule has 130 valence electrons. The molecule has 0 bridgehead atoms. The van der Waals surface area contributed by atoms with Crippen molar-refractivity contribution in [2.45, 2.75) is 13.5 Å². The van der Waals surface area contributed by atoms with E-state index in [1.165, 1.54) is 17.0 Å². The van der Waals surface area contributed by atoms with Crippen LogP contribution in [-0.2, 0) is 16.1 Å². The van der Waals surface area contributed by atoms with Crippen LogP contribution in [0.2, 0.25) is 5.02 Å². The molecule has 6 nitrogen and oxygen atoms in total. The average Bonchev–Trinajstić information content (AvgIpc) is 2.99. The van der Waals surface area contributed by atoms with E-state index in [0.29, 0.717) is 12.2 Å². The van der Waals surface area contributed by atoms with Gasteiger partial charge in [0.05, 0.1) is 18.0 Å². The number of carbonyl (C=O) groups is 2. The number of nitrogens with zero attached hydrogens (tertiary/aromatic N) is 2. The van der Waals surface area contributed by atoms with Gasteiger partial charge >= 0.3 is 11.9 Å². The highest BCUT2D eigenvalue weighted by Crippen LogP contribution is 2.26. The minimum Gasteiger partial charge on any atom is -0.478 e. The summed E-state index contributed by atoms with van der Waals surface area (Å²) in [4.78, 5) is 23.6. The highest BCUT2D eigenvalue weighted by atomic mass is 35.5. The summed E-state index contributed by atoms with van der Waals surface area (Å²) in [7, 11) is 0. The molecule has 1 aliphatic rings. The van der Waals surface area contributed by atoms with E-state index in [2.05, 4.69) is 34.7 Å². The molecule has 0 amide bonds. The van der Waals surface area contributed by atoms with Crippen molar-refractivity contribution in [3.8, 4) is 11.3 Å². The fraction of sp³-hybridized carbons (Fsp3) is 0.167. The molecule has 0 aliphatic carbocycles. The number of fused-ring (bicyclic) bond motifs is 1. The largest absolute Gasteiger partial charge is 0.478 e. The lowest BCUT2D eigenvalue weighted by atomic mass is 10.1. The molecule has 2 N–H and O–H groups in total. The van der Waals surface area contributed by atoms with Crippen molar-refractivity contribution in [1.82, 2.24) is 4.57 Å². The SMILES string of the molecule is CC1=NCCn2c1ccc2-c1cccc(Cl)c1.O=C(O)C=CC(=O)O. The summed E-state index contributed by atoms with van der Waals surface area (Å²) in [6.45, 7) is 3.87. The highest BCUT2D eigenvalue weighted by molar-refractivity contribution is 6.30. The smallest absolute Gasteiger partial charge is 0.328 e. The Morgan fingerprint density at radius 3 is 2.36 bits per heavy atom. The molecule has 0 fully saturated rings. The maximum Gasteiger partial charge on any atom is 0.328 e. The summed E-state index contributed by atoms with van der Waals surface area (Å²) in [6, 6.07) is 12.3. The van der Waals surface area contributed by atoms with Gasteiger partial charge in [-0.15, -0.1) is 0 Å². The second-order valence-corrected chi connectivity index (χ2v) is 5.68. The molecule has 0 saturated carbocycles. The van der Waals surface area contributed by atoms with E-state index < -0.39 is 11.9 Å². The van der Waals surface area contributed by atoms with Gasteiger partial charge in [0.2, 0.25) is 0 Å². The van der Waals surface area contributed by atoms with Crippen molar-refractivity contribution in [3.63, 3.8) is 0 Å². The van der Waals surface area contributed by atoms with Gasteiger partial charge in [-0.25, -0.2) is 9.59 Å². The molecule has 3 rings (SSSR count). The van der Waals surface area contributed by atoms with Crippen LogP contribution in [0.25, 0.3) is 11.3 Å². The molecule has 25 heavy (non-hydrogen) atoms. The lowest BCUT2D eigenvalue weighted by molar-refractivity contribution is -0.134. The number of hydrogen-bond donors (Lipinski definition) is 2. The number of rotatable bonds is 3. The predicted octanol–water partition coefficient (Wildman–Crippen LogP) is 3.34. The number of halogens is 1. The first-order chi connectivity index (χ1) is 11.9. The van der Waals surface area contributed by atoms with Gasteiger partial charge < -0.3 is 14.8 Å². The van der Waals surface area contributed by atoms with Crippen LogP contribution < -0.4 is 0 Å². The molecule has 7 heteroatoms. The predicted molar refractivity (Wildman–Crippen MR) is 96.4 cm³/mol. The number of carboxylic acid groups (broad SMARTS) is 2. The Morgan fingerprint density at radius 2 is 1.76 bits per heavy atom. The minimum atomic E-state index is -1.26. The molecule has 1 aromatic carbocycles. The van der Waals surface area contributed by atoms with Gasteiger partial charge in [0.25, 0.3) is 0 Å². The monoisotopic (exact) mass is 360 g/mol. The lowest BCUT2D eigenvalue weighted by Crippen LogP contribution is -2.16. The van der Waals surface area contributed by atoms with Gasteiger partial charge in [0, 0.05) is 29.4 Å². The molecular weight excluding hydrogens is 344 g/mol. The van der Waals surface area contributed by atoms with E-state index >= 15 is 0 Å². The third-order valence-electron chi connectivity index (χ3n) is 3.51. The summed E-state index contributed by atoms with van der Waals surface area (Å²) in [5.41, 5.74) is 4.71. The summed E-state index contributed by atoms with van der Waals surface area (Å²) in [6.07, 6.45) is 1.12. The third-order valence-corrected chi connectivity index (χ3v) is 3.75. The third kappa shape index (κ3) is 5.06. The first-order valence-corrected chi connectivity index (χ1v) is 7.87. The van der Waals surface area contributed by atoms with Crippen molar-refractivity contribution in [2.24, 2.45) is 4.99 Å². The Balaban J connectivity index is 0.000000242. The molecule has 0 unspecified atom stereocenters. The van der Waals surface area contributed by atoms with Crippen LogP contribution in [0.4, 0.5) is 0 Å². The molecule has 1 aromatic heterocycles. The molecule has 0 atom stereocenters. The number of aliphatic carboxylic acids is 2. The summed E-state index contributed by atoms with van der Waals surface area (Å²) in [5.74, 6) is -2.51. The number of aliphatic imine (C=N–C) groups is 1. The average molecular weight is 361 g/mol. The van der Waals surface area contributed by atoms with Gasteiger partial charge in [-0.2, -0.15) is 0 Å². The van der Waals surface area contributed by atoms with Crippen LogP contribution >= 0.6 is 11.6 Å². The first kappa shape index (κ1) is 18.5. The van der Waals surface area contributed by atoms with Gasteiger partial charge in [0.15, 0.2) is 0 Å². The number of carboxylic acids is 2. The van der Waals surface area contributed by atoms with E-state index in [1.807, 2.05) is 18.2 Å². The van der Waals surface area contributed by atoms with Gasteiger partial charge in [0.1, 0.15) is 0 Å². The maximum atomic E-state index is 9.55. The zero-order valence-corrected chi connectivity index (χ0v) is 14.3. The first-order valence-electron chi connectivity index (χ1n) is 7.49. The highest BCUT2D eigenvalue weighted by Gasteiger charge is 2.14. The fourth-order valence-electron chi connectivity index (χ4n) is 2.47. The Bertz CT molecular complexity index is 837. The summed E-state index contributed by atoms with van der Waals surface area (Å²) < 4.78 is 2.31. The standard InChI is InChI=1S/C14H13ClN2.C4H4O4/c1-10-13-5-6-14(17(13)8-7-16-10)11-3-2-4-12(15)9-11;5-3(6)1-2-4(7)8/h2-6,9H,7-8H2,1H3;1-2H,(H,5,6)(H,7,8). The summed E-state index contributed by atoms with van der Waals surface area (Å²) in [5, 5.41) is 16.4. The minimum absolute atomic E-state index is 0.558. The van der Waals surface area contributed by atoms with Gasteiger partial charge in [-0.05, 0) is 36.8 Å². The van der Waals surface area contributed by atoms with Crippen molar-refractivity contribution >= 4 is 29.3 Å². The van der Waals surface area contributed by atoms with Crippen molar-refractivity contribution in [1.29, 1.82) is 0 Å². The van der Waals surface area contributed by atoms with Crippen LogP contribution in [0, 0.1) is 0 Å². The Kier molecular flexibility index (Phi) is 6.14. The second kappa shape index (κ2) is 8.30. The molecule has 2 heterocycles. The lowest BCUT2D eigenvalue weighted by Gasteiger charge is -2.17. The van der Waals surface area contributed by atoms with Gasteiger partial charge in [-0.3, -0.25) is 4.99 Å². The number of hydrogen-bond acceptors (Lipinski definition) is 3. The number of benzene rings is 1. The topological polar surface area (TPSA) is 91.9 Å². The zero-order chi connectivity index (χ0) is 18.4. The maximum absolute atomic E-state index is 9.55.